The number of aryl methyl sites for hydroxylation is 1. The molecule has 0 saturated carbocycles. The van der Waals surface area contributed by atoms with E-state index < -0.39 is 0 Å². The second-order valence-corrected chi connectivity index (χ2v) is 4.54. The maximum absolute atomic E-state index is 11.4. The summed E-state index contributed by atoms with van der Waals surface area (Å²) in [6.45, 7) is 1.89. The molecule has 1 heterocycles. The Labute approximate surface area is 104 Å². The van der Waals surface area contributed by atoms with E-state index in [1.807, 2.05) is 13.0 Å². The van der Waals surface area contributed by atoms with Crippen LogP contribution in [-0.4, -0.2) is 23.7 Å². The van der Waals surface area contributed by atoms with Crippen molar-refractivity contribution in [2.45, 2.75) is 13.3 Å². The summed E-state index contributed by atoms with van der Waals surface area (Å²) in [4.78, 5) is 11.4. The van der Waals surface area contributed by atoms with Crippen molar-refractivity contribution in [3.63, 3.8) is 0 Å². The summed E-state index contributed by atoms with van der Waals surface area (Å²) < 4.78 is 0. The Kier molecular flexibility index (Phi) is 2.91. The number of carbonyl (C=O) groups excluding carboxylic acids is 1. The van der Waals surface area contributed by atoms with Crippen LogP contribution in [0.4, 0.5) is 0 Å². The van der Waals surface area contributed by atoms with E-state index in [1.165, 1.54) is 5.01 Å². The van der Waals surface area contributed by atoms with Gasteiger partial charge in [0.2, 0.25) is 5.91 Å². The van der Waals surface area contributed by atoms with Gasteiger partial charge < -0.3 is 0 Å². The number of nitrogens with zero attached hydrogens (tertiary/aromatic N) is 2. The lowest BCUT2D eigenvalue weighted by Gasteiger charge is -2.05. The first-order chi connectivity index (χ1) is 7.49. The summed E-state index contributed by atoms with van der Waals surface area (Å²) in [7, 11) is 1.63. The first-order valence-corrected chi connectivity index (χ1v) is 5.54. The molecule has 3 nitrogen and oxygen atoms in total. The van der Waals surface area contributed by atoms with Crippen LogP contribution >= 0.6 is 23.2 Å². The molecule has 0 aliphatic carbocycles. The van der Waals surface area contributed by atoms with Crippen molar-refractivity contribution in [1.82, 2.24) is 5.01 Å². The monoisotopic (exact) mass is 256 g/mol. The minimum atomic E-state index is -0.0290. The lowest BCUT2D eigenvalue weighted by atomic mass is 10.1. The first-order valence-electron chi connectivity index (χ1n) is 4.79. The van der Waals surface area contributed by atoms with Gasteiger partial charge in [-0.2, -0.15) is 5.10 Å². The van der Waals surface area contributed by atoms with E-state index >= 15 is 0 Å². The highest BCUT2D eigenvalue weighted by Gasteiger charge is 2.23. The predicted molar refractivity (Wildman–Crippen MR) is 65.1 cm³/mol. The molecule has 84 valence electrons. The third-order valence-electron chi connectivity index (χ3n) is 2.51. The fourth-order valence-corrected chi connectivity index (χ4v) is 2.05. The van der Waals surface area contributed by atoms with Gasteiger partial charge in [-0.05, 0) is 24.6 Å². The number of rotatable bonds is 1. The Morgan fingerprint density at radius 2 is 2.00 bits per heavy atom. The van der Waals surface area contributed by atoms with Crippen LogP contribution in [-0.2, 0) is 4.79 Å². The van der Waals surface area contributed by atoms with Crippen LogP contribution in [0.5, 0.6) is 0 Å². The summed E-state index contributed by atoms with van der Waals surface area (Å²) in [5.74, 6) is -0.0290. The molecule has 1 aliphatic heterocycles. The minimum absolute atomic E-state index is 0.0290. The van der Waals surface area contributed by atoms with Gasteiger partial charge in [0.25, 0.3) is 0 Å². The summed E-state index contributed by atoms with van der Waals surface area (Å²) in [5.41, 5.74) is 2.39. The van der Waals surface area contributed by atoms with E-state index in [1.54, 1.807) is 13.1 Å². The second-order valence-electron chi connectivity index (χ2n) is 3.72. The average Bonchev–Trinajstić information content (AvgIpc) is 2.53. The van der Waals surface area contributed by atoms with Crippen molar-refractivity contribution in [2.24, 2.45) is 5.10 Å². The Balaban J connectivity index is 2.46. The van der Waals surface area contributed by atoms with E-state index in [2.05, 4.69) is 5.10 Å². The molecule has 0 bridgehead atoms. The van der Waals surface area contributed by atoms with E-state index in [-0.39, 0.29) is 12.3 Å². The van der Waals surface area contributed by atoms with Gasteiger partial charge in [0.1, 0.15) is 0 Å². The van der Waals surface area contributed by atoms with Crippen LogP contribution in [0.25, 0.3) is 0 Å². The van der Waals surface area contributed by atoms with Gasteiger partial charge in [0.15, 0.2) is 0 Å². The standard InChI is InChI=1S/C11H10Cl2N2O/c1-6-3-7(9(13)4-8(6)12)10-5-11(16)15(2)14-10/h3-4H,5H2,1-2H3. The smallest absolute Gasteiger partial charge is 0.248 e. The molecule has 1 amide bonds. The van der Waals surface area contributed by atoms with Crippen LogP contribution < -0.4 is 0 Å². The summed E-state index contributed by atoms with van der Waals surface area (Å²) in [5, 5.41) is 6.62. The molecule has 0 atom stereocenters. The lowest BCUT2D eigenvalue weighted by Crippen LogP contribution is -2.14. The Morgan fingerprint density at radius 1 is 1.31 bits per heavy atom. The van der Waals surface area contributed by atoms with E-state index in [9.17, 15) is 4.79 Å². The molecule has 0 N–H and O–H groups in total. The molecule has 2 rings (SSSR count). The normalized spacial score (nSPS) is 15.6. The topological polar surface area (TPSA) is 32.7 Å². The average molecular weight is 257 g/mol. The van der Waals surface area contributed by atoms with Gasteiger partial charge in [-0.15, -0.1) is 0 Å². The molecule has 16 heavy (non-hydrogen) atoms. The zero-order chi connectivity index (χ0) is 11.9. The Morgan fingerprint density at radius 3 is 2.56 bits per heavy atom. The number of hydrazone groups is 1. The van der Waals surface area contributed by atoms with Gasteiger partial charge in [-0.1, -0.05) is 23.2 Å². The van der Waals surface area contributed by atoms with Gasteiger partial charge in [-0.25, -0.2) is 5.01 Å². The van der Waals surface area contributed by atoms with Crippen LogP contribution in [0, 0.1) is 6.92 Å². The molecule has 0 aromatic heterocycles. The minimum Gasteiger partial charge on any atom is -0.273 e. The fraction of sp³-hybridized carbons (Fsp3) is 0.273. The van der Waals surface area contributed by atoms with E-state index in [4.69, 9.17) is 23.2 Å². The number of halogens is 2. The predicted octanol–water partition coefficient (Wildman–Crippen LogP) is 2.87. The summed E-state index contributed by atoms with van der Waals surface area (Å²) >= 11 is 12.0. The van der Waals surface area contributed by atoms with Crippen LogP contribution in [0.2, 0.25) is 10.0 Å². The van der Waals surface area contributed by atoms with Gasteiger partial charge in [0, 0.05) is 17.6 Å². The Hall–Kier alpha value is -1.06. The van der Waals surface area contributed by atoms with Gasteiger partial charge in [-0.3, -0.25) is 4.79 Å². The number of amides is 1. The summed E-state index contributed by atoms with van der Waals surface area (Å²) in [6, 6.07) is 3.54. The van der Waals surface area contributed by atoms with E-state index in [0.717, 1.165) is 11.1 Å². The maximum atomic E-state index is 11.4. The van der Waals surface area contributed by atoms with Crippen molar-refractivity contribution in [3.8, 4) is 0 Å². The summed E-state index contributed by atoms with van der Waals surface area (Å²) in [6.07, 6.45) is 0.289. The fourth-order valence-electron chi connectivity index (χ4n) is 1.56. The van der Waals surface area contributed by atoms with Crippen LogP contribution in [0.1, 0.15) is 17.5 Å². The highest BCUT2D eigenvalue weighted by molar-refractivity contribution is 6.38. The van der Waals surface area contributed by atoms with Crippen LogP contribution in [0.3, 0.4) is 0 Å². The number of carbonyl (C=O) groups is 1. The molecule has 1 aromatic rings. The van der Waals surface area contributed by atoms with Crippen molar-refractivity contribution in [2.75, 3.05) is 7.05 Å². The van der Waals surface area contributed by atoms with Gasteiger partial charge >= 0.3 is 0 Å². The van der Waals surface area contributed by atoms with E-state index in [0.29, 0.717) is 15.8 Å². The van der Waals surface area contributed by atoms with Gasteiger partial charge in [0.05, 0.1) is 17.2 Å². The SMILES string of the molecule is Cc1cc(C2=NN(C)C(=O)C2)c(Cl)cc1Cl. The maximum Gasteiger partial charge on any atom is 0.248 e. The largest absolute Gasteiger partial charge is 0.273 e. The lowest BCUT2D eigenvalue weighted by molar-refractivity contribution is -0.127. The Bertz CT molecular complexity index is 497. The number of benzene rings is 1. The molecule has 0 spiro atoms. The highest BCUT2D eigenvalue weighted by Crippen LogP contribution is 2.27. The molecule has 1 aliphatic rings. The molecular formula is C11H10Cl2N2O. The zero-order valence-electron chi connectivity index (χ0n) is 8.92. The van der Waals surface area contributed by atoms with Crippen molar-refractivity contribution >= 4 is 34.8 Å². The molecule has 5 heteroatoms. The molecule has 0 radical (unpaired) electrons. The zero-order valence-corrected chi connectivity index (χ0v) is 10.4. The molecule has 0 unspecified atom stereocenters. The van der Waals surface area contributed by atoms with Crippen LogP contribution in [0.15, 0.2) is 17.2 Å². The first kappa shape index (κ1) is 11.4. The van der Waals surface area contributed by atoms with Crippen molar-refractivity contribution in [3.05, 3.63) is 33.3 Å². The molecule has 1 aromatic carbocycles. The number of hydrogen-bond donors (Lipinski definition) is 0. The molecular weight excluding hydrogens is 247 g/mol. The molecule has 0 fully saturated rings. The van der Waals surface area contributed by atoms with Crippen molar-refractivity contribution in [1.29, 1.82) is 0 Å². The quantitative estimate of drug-likeness (QED) is 0.761. The highest BCUT2D eigenvalue weighted by atomic mass is 35.5. The van der Waals surface area contributed by atoms with Crippen molar-refractivity contribution < 1.29 is 4.79 Å². The second kappa shape index (κ2) is 4.07. The number of hydrogen-bond acceptors (Lipinski definition) is 2. The molecule has 0 saturated heterocycles. The third kappa shape index (κ3) is 1.93. The third-order valence-corrected chi connectivity index (χ3v) is 3.23.